The Kier molecular flexibility index (Phi) is 13.0. The number of rotatable bonds is 4. The van der Waals surface area contributed by atoms with Gasteiger partial charge >= 0.3 is 0 Å². The van der Waals surface area contributed by atoms with E-state index in [0.717, 1.165) is 13.0 Å². The molecule has 0 aliphatic heterocycles. The van der Waals surface area contributed by atoms with Gasteiger partial charge in [0, 0.05) is 6.61 Å². The standard InChI is InChI=1S/C6H12O.H2O/c1-3-5-7-6-4-2;/h3H,1,4-6H2,2H3;1H2. The molecule has 50 valence electrons. The van der Waals surface area contributed by atoms with Crippen molar-refractivity contribution in [1.82, 2.24) is 0 Å². The molecule has 0 aromatic carbocycles. The molecule has 8 heavy (non-hydrogen) atoms. The topological polar surface area (TPSA) is 40.7 Å². The molecule has 2 nitrogen and oxygen atoms in total. The van der Waals surface area contributed by atoms with Gasteiger partial charge in [0.2, 0.25) is 0 Å². The highest BCUT2D eigenvalue weighted by atomic mass is 16.5. The van der Waals surface area contributed by atoms with Crippen molar-refractivity contribution < 1.29 is 10.2 Å². The summed E-state index contributed by atoms with van der Waals surface area (Å²) in [6.45, 7) is 7.14. The lowest BCUT2D eigenvalue weighted by Crippen LogP contribution is -1.90. The Labute approximate surface area is 50.5 Å². The van der Waals surface area contributed by atoms with Crippen LogP contribution in [0.5, 0.6) is 0 Å². The average molecular weight is 118 g/mol. The van der Waals surface area contributed by atoms with Crippen LogP contribution in [-0.4, -0.2) is 18.7 Å². The molecule has 0 amide bonds. The van der Waals surface area contributed by atoms with Gasteiger partial charge in [0.25, 0.3) is 0 Å². The molecule has 0 unspecified atom stereocenters. The summed E-state index contributed by atoms with van der Waals surface area (Å²) in [5.74, 6) is 0. The van der Waals surface area contributed by atoms with Crippen molar-refractivity contribution in [3.63, 3.8) is 0 Å². The summed E-state index contributed by atoms with van der Waals surface area (Å²) in [4.78, 5) is 0. The molecule has 0 atom stereocenters. The monoisotopic (exact) mass is 118 g/mol. The minimum absolute atomic E-state index is 0. The molecule has 0 spiro atoms. The molecule has 0 fully saturated rings. The summed E-state index contributed by atoms with van der Waals surface area (Å²) in [5.41, 5.74) is 0. The van der Waals surface area contributed by atoms with E-state index in [1.807, 2.05) is 0 Å². The molecule has 0 aliphatic carbocycles. The zero-order chi connectivity index (χ0) is 5.54. The number of ether oxygens (including phenoxy) is 1. The molecule has 0 bridgehead atoms. The SMILES string of the molecule is C=CCOCCC.O. The van der Waals surface area contributed by atoms with Crippen molar-refractivity contribution in [3.05, 3.63) is 12.7 Å². The van der Waals surface area contributed by atoms with Crippen LogP contribution in [0, 0.1) is 0 Å². The largest absolute Gasteiger partial charge is 0.412 e. The fourth-order valence-corrected chi connectivity index (χ4v) is 0.311. The predicted octanol–water partition coefficient (Wildman–Crippen LogP) is 0.774. The van der Waals surface area contributed by atoms with Crippen LogP contribution in [0.3, 0.4) is 0 Å². The Morgan fingerprint density at radius 2 is 2.25 bits per heavy atom. The van der Waals surface area contributed by atoms with Gasteiger partial charge < -0.3 is 10.2 Å². The Bertz CT molecular complexity index is 43.8. The Balaban J connectivity index is 0. The van der Waals surface area contributed by atoms with Crippen LogP contribution in [0.15, 0.2) is 12.7 Å². The van der Waals surface area contributed by atoms with Crippen LogP contribution < -0.4 is 0 Å². The van der Waals surface area contributed by atoms with Crippen molar-refractivity contribution in [3.8, 4) is 0 Å². The second-order valence-corrected chi connectivity index (χ2v) is 1.36. The van der Waals surface area contributed by atoms with Gasteiger partial charge in [-0.15, -0.1) is 6.58 Å². The summed E-state index contributed by atoms with van der Waals surface area (Å²) < 4.78 is 5.01. The number of hydrogen-bond donors (Lipinski definition) is 0. The summed E-state index contributed by atoms with van der Waals surface area (Å²) in [7, 11) is 0. The lowest BCUT2D eigenvalue weighted by Gasteiger charge is -1.92. The lowest BCUT2D eigenvalue weighted by molar-refractivity contribution is 0.163. The van der Waals surface area contributed by atoms with Crippen LogP contribution in [0.25, 0.3) is 0 Å². The second-order valence-electron chi connectivity index (χ2n) is 1.36. The Morgan fingerprint density at radius 1 is 1.62 bits per heavy atom. The third-order valence-electron chi connectivity index (χ3n) is 0.584. The fraction of sp³-hybridized carbons (Fsp3) is 0.667. The first-order chi connectivity index (χ1) is 3.41. The summed E-state index contributed by atoms with van der Waals surface area (Å²) >= 11 is 0. The van der Waals surface area contributed by atoms with E-state index < -0.39 is 0 Å². The van der Waals surface area contributed by atoms with Gasteiger partial charge in [-0.1, -0.05) is 13.0 Å². The van der Waals surface area contributed by atoms with Crippen LogP contribution in [-0.2, 0) is 4.74 Å². The Hall–Kier alpha value is -0.340. The first-order valence-electron chi connectivity index (χ1n) is 2.60. The van der Waals surface area contributed by atoms with E-state index in [2.05, 4.69) is 13.5 Å². The molecule has 0 heterocycles. The maximum Gasteiger partial charge on any atom is 0.0644 e. The van der Waals surface area contributed by atoms with E-state index in [1.54, 1.807) is 6.08 Å². The third-order valence-corrected chi connectivity index (χ3v) is 0.584. The highest BCUT2D eigenvalue weighted by Gasteiger charge is 1.74. The van der Waals surface area contributed by atoms with Crippen molar-refractivity contribution in [1.29, 1.82) is 0 Å². The van der Waals surface area contributed by atoms with Crippen LogP contribution in [0.1, 0.15) is 13.3 Å². The first-order valence-corrected chi connectivity index (χ1v) is 2.60. The zero-order valence-electron chi connectivity index (χ0n) is 5.31. The second kappa shape index (κ2) is 9.83. The van der Waals surface area contributed by atoms with E-state index in [1.165, 1.54) is 0 Å². The van der Waals surface area contributed by atoms with Crippen molar-refractivity contribution in [2.24, 2.45) is 0 Å². The molecular weight excluding hydrogens is 104 g/mol. The van der Waals surface area contributed by atoms with E-state index in [9.17, 15) is 0 Å². The molecule has 0 aromatic rings. The summed E-state index contributed by atoms with van der Waals surface area (Å²) in [6.07, 6.45) is 2.85. The van der Waals surface area contributed by atoms with Gasteiger partial charge in [-0.25, -0.2) is 0 Å². The van der Waals surface area contributed by atoms with Crippen LogP contribution in [0.2, 0.25) is 0 Å². The summed E-state index contributed by atoms with van der Waals surface area (Å²) in [6, 6.07) is 0. The van der Waals surface area contributed by atoms with Crippen molar-refractivity contribution in [2.75, 3.05) is 13.2 Å². The lowest BCUT2D eigenvalue weighted by atomic mass is 10.5. The van der Waals surface area contributed by atoms with E-state index in [4.69, 9.17) is 4.74 Å². The van der Waals surface area contributed by atoms with Crippen LogP contribution >= 0.6 is 0 Å². The van der Waals surface area contributed by atoms with Gasteiger partial charge in [0.1, 0.15) is 0 Å². The fourth-order valence-electron chi connectivity index (χ4n) is 0.311. The van der Waals surface area contributed by atoms with Gasteiger partial charge in [0.05, 0.1) is 6.61 Å². The average Bonchev–Trinajstić information content (AvgIpc) is 1.69. The minimum Gasteiger partial charge on any atom is -0.412 e. The van der Waals surface area contributed by atoms with Crippen molar-refractivity contribution >= 4 is 0 Å². The Morgan fingerprint density at radius 3 is 2.62 bits per heavy atom. The molecular formula is C6H14O2. The van der Waals surface area contributed by atoms with Crippen molar-refractivity contribution in [2.45, 2.75) is 13.3 Å². The predicted molar refractivity (Wildman–Crippen MR) is 34.9 cm³/mol. The zero-order valence-corrected chi connectivity index (χ0v) is 5.31. The maximum atomic E-state index is 5.01. The van der Waals surface area contributed by atoms with Gasteiger partial charge in [-0.3, -0.25) is 0 Å². The quantitative estimate of drug-likeness (QED) is 0.397. The third kappa shape index (κ3) is 9.18. The van der Waals surface area contributed by atoms with Gasteiger partial charge in [-0.2, -0.15) is 0 Å². The molecule has 0 saturated carbocycles. The highest BCUT2D eigenvalue weighted by Crippen LogP contribution is 1.77. The summed E-state index contributed by atoms with van der Waals surface area (Å²) in [5, 5.41) is 0. The molecule has 0 aromatic heterocycles. The van der Waals surface area contributed by atoms with E-state index in [-0.39, 0.29) is 5.48 Å². The molecule has 0 saturated heterocycles. The molecule has 0 rings (SSSR count). The number of hydrogen-bond acceptors (Lipinski definition) is 1. The smallest absolute Gasteiger partial charge is 0.0644 e. The molecule has 0 radical (unpaired) electrons. The molecule has 0 aliphatic rings. The molecule has 2 heteroatoms. The first kappa shape index (κ1) is 10.6. The van der Waals surface area contributed by atoms with Crippen LogP contribution in [0.4, 0.5) is 0 Å². The highest BCUT2D eigenvalue weighted by molar-refractivity contribution is 4.63. The molecule has 2 N–H and O–H groups in total. The minimum atomic E-state index is 0. The van der Waals surface area contributed by atoms with Gasteiger partial charge in [0.15, 0.2) is 0 Å². The van der Waals surface area contributed by atoms with E-state index in [0.29, 0.717) is 6.61 Å². The van der Waals surface area contributed by atoms with Gasteiger partial charge in [-0.05, 0) is 6.42 Å². The van der Waals surface area contributed by atoms with E-state index >= 15 is 0 Å². The maximum absolute atomic E-state index is 5.01. The normalized spacial score (nSPS) is 7.62.